The second kappa shape index (κ2) is 8.63. The van der Waals surface area contributed by atoms with Crippen molar-refractivity contribution >= 4 is 30.6 Å². The number of aryl methyl sites for hydroxylation is 2. The van der Waals surface area contributed by atoms with Gasteiger partial charge in [0.2, 0.25) is 0 Å². The third-order valence-corrected chi connectivity index (χ3v) is 5.70. The molecule has 1 aromatic heterocycles. The van der Waals surface area contributed by atoms with Crippen molar-refractivity contribution in [3.05, 3.63) is 47.4 Å². The van der Waals surface area contributed by atoms with Crippen LogP contribution in [0.2, 0.25) is 0 Å². The van der Waals surface area contributed by atoms with Gasteiger partial charge in [0.25, 0.3) is 0 Å². The van der Waals surface area contributed by atoms with Crippen LogP contribution in [0.5, 0.6) is 5.75 Å². The number of rotatable bonds is 3. The summed E-state index contributed by atoms with van der Waals surface area (Å²) in [7, 11) is 3.96. The second-order valence-corrected chi connectivity index (χ2v) is 7.41. The molecule has 0 unspecified atom stereocenters. The molecule has 0 amide bonds. The molecule has 0 saturated carbocycles. The van der Waals surface area contributed by atoms with E-state index >= 15 is 0 Å². The summed E-state index contributed by atoms with van der Waals surface area (Å²) in [5.74, 6) is 3.28. The first-order chi connectivity index (χ1) is 12.1. The van der Waals surface area contributed by atoms with Crippen molar-refractivity contribution in [3.8, 4) is 5.75 Å². The van der Waals surface area contributed by atoms with Crippen molar-refractivity contribution in [2.45, 2.75) is 19.9 Å². The van der Waals surface area contributed by atoms with E-state index < -0.39 is 0 Å². The van der Waals surface area contributed by atoms with Gasteiger partial charge < -0.3 is 9.64 Å². The third-order valence-electron chi connectivity index (χ3n) is 5.70. The van der Waals surface area contributed by atoms with Gasteiger partial charge in [-0.2, -0.15) is 0 Å². The lowest BCUT2D eigenvalue weighted by Crippen LogP contribution is -2.30. The predicted octanol–water partition coefficient (Wildman–Crippen LogP) is 3.68. The van der Waals surface area contributed by atoms with Gasteiger partial charge in [-0.1, -0.05) is 12.1 Å². The average molecular weight is 411 g/mol. The number of ether oxygens (including phenoxy) is 1. The Morgan fingerprint density at radius 2 is 1.74 bits per heavy atom. The first-order valence-electron chi connectivity index (χ1n) is 8.96. The van der Waals surface area contributed by atoms with Crippen molar-refractivity contribution < 1.29 is 4.74 Å². The standard InChI is InChI=1S/C20H26N4O.2ClH/c1-13-9-21-14(2)20(22-13)24-11-16-10-23(3)19(18(16)12-24)15-5-7-17(25-4)8-6-15;;/h5-9,16,18-19H,10-12H2,1-4H3;2*1H/t16-,18+,19-;;/m0../s1. The molecular weight excluding hydrogens is 383 g/mol. The zero-order chi connectivity index (χ0) is 17.6. The molecule has 0 spiro atoms. The molecule has 0 aliphatic carbocycles. The van der Waals surface area contributed by atoms with E-state index in [0.717, 1.165) is 42.6 Å². The topological polar surface area (TPSA) is 41.5 Å². The van der Waals surface area contributed by atoms with Crippen LogP contribution >= 0.6 is 24.8 Å². The van der Waals surface area contributed by atoms with Gasteiger partial charge >= 0.3 is 0 Å². The molecule has 0 N–H and O–H groups in total. The monoisotopic (exact) mass is 410 g/mol. The Hall–Kier alpha value is -1.56. The number of halogens is 2. The third kappa shape index (κ3) is 4.00. The van der Waals surface area contributed by atoms with Gasteiger partial charge in [-0.15, -0.1) is 24.8 Å². The number of nitrogens with zero attached hydrogens (tertiary/aromatic N) is 4. The van der Waals surface area contributed by atoms with Gasteiger partial charge in [0, 0.05) is 37.8 Å². The highest BCUT2D eigenvalue weighted by Crippen LogP contribution is 2.45. The SMILES string of the molecule is COc1ccc([C@H]2[C@@H]3CN(c4nc(C)cnc4C)C[C@@H]3CN2C)cc1.Cl.Cl. The number of hydrogen-bond donors (Lipinski definition) is 0. The van der Waals surface area contributed by atoms with E-state index in [4.69, 9.17) is 9.72 Å². The molecule has 148 valence electrons. The van der Waals surface area contributed by atoms with Crippen molar-refractivity contribution in [1.29, 1.82) is 0 Å². The molecule has 2 aliphatic rings. The van der Waals surface area contributed by atoms with Gasteiger partial charge in [-0.25, -0.2) is 4.98 Å². The van der Waals surface area contributed by atoms with E-state index in [1.165, 1.54) is 5.56 Å². The zero-order valence-corrected chi connectivity index (χ0v) is 17.9. The van der Waals surface area contributed by atoms with E-state index in [2.05, 4.69) is 53.0 Å². The van der Waals surface area contributed by atoms with Crippen LogP contribution in [-0.4, -0.2) is 48.7 Å². The van der Waals surface area contributed by atoms with E-state index in [1.807, 2.05) is 13.1 Å². The molecule has 7 heteroatoms. The summed E-state index contributed by atoms with van der Waals surface area (Å²) in [4.78, 5) is 14.2. The van der Waals surface area contributed by atoms with Gasteiger partial charge in [0.05, 0.1) is 18.5 Å². The smallest absolute Gasteiger partial charge is 0.150 e. The Balaban J connectivity index is 0.00000131. The summed E-state index contributed by atoms with van der Waals surface area (Å²) >= 11 is 0. The molecule has 2 aliphatic heterocycles. The fourth-order valence-corrected chi connectivity index (χ4v) is 4.56. The first-order valence-corrected chi connectivity index (χ1v) is 8.96. The lowest BCUT2D eigenvalue weighted by molar-refractivity contribution is 0.279. The minimum Gasteiger partial charge on any atom is -0.497 e. The summed E-state index contributed by atoms with van der Waals surface area (Å²) in [5, 5.41) is 0. The molecule has 0 radical (unpaired) electrons. The van der Waals surface area contributed by atoms with Crippen LogP contribution in [0.25, 0.3) is 0 Å². The molecule has 1 aromatic carbocycles. The number of hydrogen-bond acceptors (Lipinski definition) is 5. The van der Waals surface area contributed by atoms with Crippen LogP contribution in [0.4, 0.5) is 5.82 Å². The molecular formula is C20H28Cl2N4O. The molecule has 0 bridgehead atoms. The quantitative estimate of drug-likeness (QED) is 0.771. The normalized spacial score (nSPS) is 24.1. The summed E-state index contributed by atoms with van der Waals surface area (Å²) in [6.07, 6.45) is 1.85. The predicted molar refractivity (Wildman–Crippen MR) is 114 cm³/mol. The van der Waals surface area contributed by atoms with Crippen molar-refractivity contribution in [2.24, 2.45) is 11.8 Å². The number of fused-ring (bicyclic) bond motifs is 1. The van der Waals surface area contributed by atoms with Crippen LogP contribution < -0.4 is 9.64 Å². The first kappa shape index (κ1) is 21.7. The van der Waals surface area contributed by atoms with Crippen molar-refractivity contribution in [3.63, 3.8) is 0 Å². The molecule has 2 saturated heterocycles. The van der Waals surface area contributed by atoms with Crippen molar-refractivity contribution in [2.75, 3.05) is 38.7 Å². The lowest BCUT2D eigenvalue weighted by Gasteiger charge is -2.27. The maximum absolute atomic E-state index is 5.31. The zero-order valence-electron chi connectivity index (χ0n) is 16.3. The number of anilines is 1. The fraction of sp³-hybridized carbons (Fsp3) is 0.500. The second-order valence-electron chi connectivity index (χ2n) is 7.41. The minimum absolute atomic E-state index is 0. The average Bonchev–Trinajstić information content (AvgIpc) is 3.13. The number of aromatic nitrogens is 2. The highest BCUT2D eigenvalue weighted by Gasteiger charge is 2.46. The number of benzene rings is 1. The van der Waals surface area contributed by atoms with Crippen LogP contribution in [-0.2, 0) is 0 Å². The summed E-state index contributed by atoms with van der Waals surface area (Å²) < 4.78 is 5.31. The fourth-order valence-electron chi connectivity index (χ4n) is 4.56. The Kier molecular flexibility index (Phi) is 6.95. The summed E-state index contributed by atoms with van der Waals surface area (Å²) in [6.45, 7) is 7.32. The maximum atomic E-state index is 5.31. The lowest BCUT2D eigenvalue weighted by atomic mass is 9.89. The van der Waals surface area contributed by atoms with Gasteiger partial charge in [-0.05, 0) is 44.5 Å². The van der Waals surface area contributed by atoms with Gasteiger partial charge in [-0.3, -0.25) is 9.88 Å². The highest BCUT2D eigenvalue weighted by molar-refractivity contribution is 5.85. The van der Waals surface area contributed by atoms with E-state index in [9.17, 15) is 0 Å². The number of methoxy groups -OCH3 is 1. The number of likely N-dealkylation sites (tertiary alicyclic amines) is 1. The van der Waals surface area contributed by atoms with Crippen LogP contribution in [0.3, 0.4) is 0 Å². The molecule has 5 nitrogen and oxygen atoms in total. The molecule has 2 aromatic rings. The van der Waals surface area contributed by atoms with Crippen LogP contribution in [0.1, 0.15) is 23.0 Å². The van der Waals surface area contributed by atoms with Crippen LogP contribution in [0.15, 0.2) is 30.5 Å². The van der Waals surface area contributed by atoms with Gasteiger partial charge in [0.15, 0.2) is 0 Å². The molecule has 3 atom stereocenters. The molecule has 27 heavy (non-hydrogen) atoms. The molecule has 4 rings (SSSR count). The Morgan fingerprint density at radius 1 is 1.04 bits per heavy atom. The Labute approximate surface area is 174 Å². The highest BCUT2D eigenvalue weighted by atomic mass is 35.5. The van der Waals surface area contributed by atoms with Crippen LogP contribution in [0, 0.1) is 25.7 Å². The van der Waals surface area contributed by atoms with E-state index in [0.29, 0.717) is 17.9 Å². The molecule has 2 fully saturated rings. The molecule has 3 heterocycles. The summed E-state index contributed by atoms with van der Waals surface area (Å²) in [5.41, 5.74) is 3.39. The Morgan fingerprint density at radius 3 is 2.41 bits per heavy atom. The van der Waals surface area contributed by atoms with E-state index in [1.54, 1.807) is 7.11 Å². The maximum Gasteiger partial charge on any atom is 0.150 e. The van der Waals surface area contributed by atoms with Crippen molar-refractivity contribution in [1.82, 2.24) is 14.9 Å². The Bertz CT molecular complexity index is 771. The van der Waals surface area contributed by atoms with E-state index in [-0.39, 0.29) is 24.8 Å². The minimum atomic E-state index is 0. The van der Waals surface area contributed by atoms with Gasteiger partial charge in [0.1, 0.15) is 11.6 Å². The summed E-state index contributed by atoms with van der Waals surface area (Å²) in [6, 6.07) is 9.02. The largest absolute Gasteiger partial charge is 0.497 e.